The van der Waals surface area contributed by atoms with Gasteiger partial charge in [0.05, 0.1) is 10.5 Å². The standard InChI is InChI=1S/C14H21BrOS/c1-10(2)11-4-3-7-14(16,8-5-11)13-12(15)6-9-17-13/h6,9-11,16H,3-5,7-8H2,1-2H3. The van der Waals surface area contributed by atoms with Gasteiger partial charge in [-0.3, -0.25) is 0 Å². The first-order valence-corrected chi connectivity index (χ1v) is 8.16. The number of rotatable bonds is 2. The molecule has 0 radical (unpaired) electrons. The summed E-state index contributed by atoms with van der Waals surface area (Å²) in [6, 6.07) is 2.04. The fourth-order valence-electron chi connectivity index (χ4n) is 2.87. The third kappa shape index (κ3) is 2.94. The predicted molar refractivity (Wildman–Crippen MR) is 77.3 cm³/mol. The number of aliphatic hydroxyl groups is 1. The van der Waals surface area contributed by atoms with Crippen molar-refractivity contribution in [2.75, 3.05) is 0 Å². The molecule has 0 saturated heterocycles. The van der Waals surface area contributed by atoms with Crippen LogP contribution in [-0.4, -0.2) is 5.11 Å². The molecule has 1 N–H and O–H groups in total. The Balaban J connectivity index is 2.15. The molecule has 2 unspecified atom stereocenters. The SMILES string of the molecule is CC(C)C1CCCC(O)(c2sccc2Br)CC1. The maximum atomic E-state index is 10.9. The Hall–Kier alpha value is 0.140. The molecule has 1 heterocycles. The lowest BCUT2D eigenvalue weighted by atomic mass is 9.87. The largest absolute Gasteiger partial charge is 0.384 e. The zero-order valence-electron chi connectivity index (χ0n) is 10.6. The van der Waals surface area contributed by atoms with E-state index in [0.29, 0.717) is 0 Å². The Bertz CT molecular complexity index is 374. The Morgan fingerprint density at radius 3 is 2.76 bits per heavy atom. The van der Waals surface area contributed by atoms with Gasteiger partial charge in [-0.25, -0.2) is 0 Å². The molecule has 1 aliphatic carbocycles. The fourth-order valence-corrected chi connectivity index (χ4v) is 4.77. The zero-order chi connectivity index (χ0) is 12.5. The molecule has 1 aromatic heterocycles. The number of halogens is 1. The van der Waals surface area contributed by atoms with Crippen LogP contribution >= 0.6 is 27.3 Å². The molecule has 1 aromatic rings. The van der Waals surface area contributed by atoms with E-state index in [1.807, 2.05) is 6.07 Å². The summed E-state index contributed by atoms with van der Waals surface area (Å²) in [6.45, 7) is 4.60. The van der Waals surface area contributed by atoms with Crippen LogP contribution < -0.4 is 0 Å². The van der Waals surface area contributed by atoms with E-state index in [1.54, 1.807) is 11.3 Å². The van der Waals surface area contributed by atoms with E-state index in [0.717, 1.165) is 46.9 Å². The summed E-state index contributed by atoms with van der Waals surface area (Å²) in [6.07, 6.45) is 5.38. The highest BCUT2D eigenvalue weighted by Crippen LogP contribution is 2.44. The lowest BCUT2D eigenvalue weighted by molar-refractivity contribution is 0.0221. The summed E-state index contributed by atoms with van der Waals surface area (Å²) >= 11 is 5.23. The van der Waals surface area contributed by atoms with Crippen molar-refractivity contribution in [1.29, 1.82) is 0 Å². The normalized spacial score (nSPS) is 30.5. The van der Waals surface area contributed by atoms with Crippen LogP contribution in [0.15, 0.2) is 15.9 Å². The van der Waals surface area contributed by atoms with Gasteiger partial charge in [0.25, 0.3) is 0 Å². The Kier molecular flexibility index (Phi) is 4.32. The first-order valence-electron chi connectivity index (χ1n) is 6.49. The third-order valence-corrected chi connectivity index (χ3v) is 6.11. The number of hydrogen-bond donors (Lipinski definition) is 1. The van der Waals surface area contributed by atoms with Crippen LogP contribution in [0.2, 0.25) is 0 Å². The quantitative estimate of drug-likeness (QED) is 0.767. The van der Waals surface area contributed by atoms with E-state index in [9.17, 15) is 5.11 Å². The van der Waals surface area contributed by atoms with Crippen LogP contribution in [0.4, 0.5) is 0 Å². The third-order valence-electron chi connectivity index (χ3n) is 4.08. The van der Waals surface area contributed by atoms with E-state index in [2.05, 4.69) is 35.2 Å². The van der Waals surface area contributed by atoms with Crippen molar-refractivity contribution in [1.82, 2.24) is 0 Å². The average Bonchev–Trinajstić information content (AvgIpc) is 2.59. The molecular weight excluding hydrogens is 296 g/mol. The minimum Gasteiger partial charge on any atom is -0.384 e. The van der Waals surface area contributed by atoms with Crippen molar-refractivity contribution in [3.63, 3.8) is 0 Å². The molecule has 96 valence electrons. The lowest BCUT2D eigenvalue weighted by Crippen LogP contribution is -2.24. The molecular formula is C14H21BrOS. The van der Waals surface area contributed by atoms with E-state index in [1.165, 1.54) is 6.42 Å². The summed E-state index contributed by atoms with van der Waals surface area (Å²) in [5.74, 6) is 1.52. The second kappa shape index (κ2) is 5.41. The lowest BCUT2D eigenvalue weighted by Gasteiger charge is -2.26. The van der Waals surface area contributed by atoms with Gasteiger partial charge in [0.1, 0.15) is 0 Å². The van der Waals surface area contributed by atoms with Gasteiger partial charge in [-0.15, -0.1) is 11.3 Å². The molecule has 1 nitrogen and oxygen atoms in total. The van der Waals surface area contributed by atoms with Crippen LogP contribution in [-0.2, 0) is 5.60 Å². The summed E-state index contributed by atoms with van der Waals surface area (Å²) in [4.78, 5) is 1.13. The molecule has 0 spiro atoms. The van der Waals surface area contributed by atoms with Crippen molar-refractivity contribution < 1.29 is 5.11 Å². The first kappa shape index (κ1) is 13.6. The van der Waals surface area contributed by atoms with Gasteiger partial charge in [-0.2, -0.15) is 0 Å². The second-order valence-corrected chi connectivity index (χ2v) is 7.33. The molecule has 0 aromatic carbocycles. The van der Waals surface area contributed by atoms with Crippen molar-refractivity contribution in [2.45, 2.75) is 51.6 Å². The fraction of sp³-hybridized carbons (Fsp3) is 0.714. The van der Waals surface area contributed by atoms with Gasteiger partial charge in [0, 0.05) is 4.47 Å². The number of thiophene rings is 1. The highest BCUT2D eigenvalue weighted by Gasteiger charge is 2.35. The summed E-state index contributed by atoms with van der Waals surface area (Å²) in [5.41, 5.74) is -0.587. The topological polar surface area (TPSA) is 20.2 Å². The van der Waals surface area contributed by atoms with Crippen molar-refractivity contribution in [3.8, 4) is 0 Å². The minimum atomic E-state index is -0.587. The van der Waals surface area contributed by atoms with Crippen LogP contribution in [0.5, 0.6) is 0 Å². The average molecular weight is 317 g/mol. The smallest absolute Gasteiger partial charge is 0.0999 e. The van der Waals surface area contributed by atoms with Gasteiger partial charge in [-0.1, -0.05) is 20.3 Å². The van der Waals surface area contributed by atoms with Crippen molar-refractivity contribution in [2.24, 2.45) is 11.8 Å². The van der Waals surface area contributed by atoms with Gasteiger partial charge >= 0.3 is 0 Å². The Labute approximate surface area is 116 Å². The van der Waals surface area contributed by atoms with Crippen LogP contribution in [0.25, 0.3) is 0 Å². The molecule has 0 bridgehead atoms. The van der Waals surface area contributed by atoms with E-state index < -0.39 is 5.60 Å². The van der Waals surface area contributed by atoms with E-state index >= 15 is 0 Å². The molecule has 3 heteroatoms. The zero-order valence-corrected chi connectivity index (χ0v) is 13.0. The monoisotopic (exact) mass is 316 g/mol. The Morgan fingerprint density at radius 2 is 2.18 bits per heavy atom. The van der Waals surface area contributed by atoms with Crippen LogP contribution in [0, 0.1) is 11.8 Å². The summed E-state index contributed by atoms with van der Waals surface area (Å²) in [5, 5.41) is 12.9. The molecule has 1 fully saturated rings. The van der Waals surface area contributed by atoms with Crippen LogP contribution in [0.3, 0.4) is 0 Å². The van der Waals surface area contributed by atoms with Gasteiger partial charge in [-0.05, 0) is 64.9 Å². The summed E-state index contributed by atoms with van der Waals surface area (Å²) in [7, 11) is 0. The van der Waals surface area contributed by atoms with Gasteiger partial charge < -0.3 is 5.11 Å². The minimum absolute atomic E-state index is 0.587. The van der Waals surface area contributed by atoms with Gasteiger partial charge in [0.2, 0.25) is 0 Å². The predicted octanol–water partition coefficient (Wildman–Crippen LogP) is 4.93. The maximum Gasteiger partial charge on any atom is 0.0999 e. The van der Waals surface area contributed by atoms with Crippen molar-refractivity contribution >= 4 is 27.3 Å². The van der Waals surface area contributed by atoms with Crippen molar-refractivity contribution in [3.05, 3.63) is 20.8 Å². The number of hydrogen-bond acceptors (Lipinski definition) is 2. The van der Waals surface area contributed by atoms with E-state index in [4.69, 9.17) is 0 Å². The van der Waals surface area contributed by atoms with Crippen LogP contribution in [0.1, 0.15) is 50.8 Å². The highest BCUT2D eigenvalue weighted by molar-refractivity contribution is 9.10. The molecule has 17 heavy (non-hydrogen) atoms. The molecule has 2 rings (SSSR count). The molecule has 2 atom stereocenters. The Morgan fingerprint density at radius 1 is 1.41 bits per heavy atom. The van der Waals surface area contributed by atoms with E-state index in [-0.39, 0.29) is 0 Å². The molecule has 0 aliphatic heterocycles. The highest BCUT2D eigenvalue weighted by atomic mass is 79.9. The molecule has 1 aliphatic rings. The molecule has 0 amide bonds. The maximum absolute atomic E-state index is 10.9. The second-order valence-electron chi connectivity index (χ2n) is 5.56. The molecule has 1 saturated carbocycles. The first-order chi connectivity index (χ1) is 8.03. The van der Waals surface area contributed by atoms with Gasteiger partial charge in [0.15, 0.2) is 0 Å². The summed E-state index contributed by atoms with van der Waals surface area (Å²) < 4.78 is 1.08.